The summed E-state index contributed by atoms with van der Waals surface area (Å²) in [5.74, 6) is -0.185. The minimum absolute atomic E-state index is 0.185. The molecule has 78 valence electrons. The van der Waals surface area contributed by atoms with Gasteiger partial charge in [0.15, 0.2) is 12.4 Å². The molecule has 15 heavy (non-hydrogen) atoms. The lowest BCUT2D eigenvalue weighted by molar-refractivity contribution is -0.642. The average Bonchev–Trinajstić information content (AvgIpc) is 2.22. The highest BCUT2D eigenvalue weighted by Crippen LogP contribution is 2.06. The second-order valence-electron chi connectivity index (χ2n) is 3.11. The van der Waals surface area contributed by atoms with Crippen LogP contribution in [0.3, 0.4) is 0 Å². The van der Waals surface area contributed by atoms with Crippen LogP contribution in [0.25, 0.3) is 0 Å². The van der Waals surface area contributed by atoms with E-state index in [-0.39, 0.29) is 11.2 Å². The van der Waals surface area contributed by atoms with Crippen LogP contribution in [-0.2, 0) is 4.79 Å². The number of hydrogen-bond acceptors (Lipinski definition) is 3. The Hall–Kier alpha value is -1.54. The number of thiocyanates is 1. The summed E-state index contributed by atoms with van der Waals surface area (Å²) in [6.07, 6.45) is 3.52. The molecular weight excluding hydrogens is 210 g/mol. The van der Waals surface area contributed by atoms with Crippen molar-refractivity contribution in [2.24, 2.45) is 0 Å². The third-order valence-corrected chi connectivity index (χ3v) is 2.51. The Kier molecular flexibility index (Phi) is 4.13. The lowest BCUT2D eigenvalue weighted by Gasteiger charge is -2.03. The summed E-state index contributed by atoms with van der Waals surface area (Å²) >= 11 is 0.942. The molecule has 1 aromatic heterocycles. The Morgan fingerprint density at radius 3 is 2.73 bits per heavy atom. The van der Waals surface area contributed by atoms with Gasteiger partial charge in [0.2, 0.25) is 0 Å². The van der Waals surface area contributed by atoms with Gasteiger partial charge in [-0.2, -0.15) is 5.26 Å². The third kappa shape index (κ3) is 3.60. The molecule has 0 spiro atoms. The number of thioether (sulfide) groups is 1. The molecule has 1 atom stereocenters. The zero-order valence-electron chi connectivity index (χ0n) is 8.60. The topological polar surface area (TPSA) is 56.8 Å². The molecule has 1 N–H and O–H groups in total. The van der Waals surface area contributed by atoms with Gasteiger partial charge >= 0.3 is 0 Å². The van der Waals surface area contributed by atoms with Crippen LogP contribution in [0.4, 0.5) is 0 Å². The molecular formula is C10H12N3OS+. The number of nitrogens with one attached hydrogen (secondary N) is 1. The van der Waals surface area contributed by atoms with E-state index in [1.807, 2.05) is 24.5 Å². The smallest absolute Gasteiger partial charge is 0.268 e. The maximum Gasteiger partial charge on any atom is 0.288 e. The quantitative estimate of drug-likeness (QED) is 0.612. The summed E-state index contributed by atoms with van der Waals surface area (Å²) in [4.78, 5) is 11.5. The second-order valence-corrected chi connectivity index (χ2v) is 4.24. The van der Waals surface area contributed by atoms with Crippen molar-refractivity contribution in [1.82, 2.24) is 0 Å². The lowest BCUT2D eigenvalue weighted by atomic mass is 10.3. The third-order valence-electron chi connectivity index (χ3n) is 1.83. The van der Waals surface area contributed by atoms with Crippen molar-refractivity contribution < 1.29 is 9.47 Å². The number of pyridine rings is 1. The van der Waals surface area contributed by atoms with Gasteiger partial charge in [0, 0.05) is 12.1 Å². The second kappa shape index (κ2) is 5.37. The molecule has 5 heteroatoms. The van der Waals surface area contributed by atoms with Crippen molar-refractivity contribution in [3.63, 3.8) is 0 Å². The maximum atomic E-state index is 11.5. The minimum atomic E-state index is -0.371. The normalized spacial score (nSPS) is 11.5. The van der Waals surface area contributed by atoms with Crippen LogP contribution in [0.15, 0.2) is 24.5 Å². The van der Waals surface area contributed by atoms with Gasteiger partial charge in [0.25, 0.3) is 5.91 Å². The molecule has 0 aliphatic carbocycles. The zero-order chi connectivity index (χ0) is 11.3. The van der Waals surface area contributed by atoms with Gasteiger partial charge in [0.1, 0.15) is 10.7 Å². The van der Waals surface area contributed by atoms with Gasteiger partial charge in [-0.15, -0.1) is 5.43 Å². The SMILES string of the molecule is Cc1cc[n+](NC(=O)C(C)SC#N)cc1. The maximum absolute atomic E-state index is 11.5. The summed E-state index contributed by atoms with van der Waals surface area (Å²) in [5.41, 5.74) is 3.78. The predicted octanol–water partition coefficient (Wildman–Crippen LogP) is 0.955. The summed E-state index contributed by atoms with van der Waals surface area (Å²) in [7, 11) is 0. The van der Waals surface area contributed by atoms with Crippen LogP contribution >= 0.6 is 11.8 Å². The first-order valence-electron chi connectivity index (χ1n) is 4.47. The molecule has 0 saturated heterocycles. The number of amides is 1. The van der Waals surface area contributed by atoms with Crippen LogP contribution < -0.4 is 10.1 Å². The average molecular weight is 222 g/mol. The molecule has 1 amide bonds. The van der Waals surface area contributed by atoms with Crippen LogP contribution in [0.5, 0.6) is 0 Å². The Morgan fingerprint density at radius 1 is 1.60 bits per heavy atom. The number of aromatic nitrogens is 1. The standard InChI is InChI=1S/C10H11N3OS/c1-8-3-5-13(6-4-8)12-10(14)9(2)15-7-11/h3-6,9H,1-2H3/p+1. The van der Waals surface area contributed by atoms with Crippen molar-refractivity contribution in [1.29, 1.82) is 5.26 Å². The fourth-order valence-corrected chi connectivity index (χ4v) is 1.24. The first-order valence-corrected chi connectivity index (χ1v) is 5.35. The van der Waals surface area contributed by atoms with Gasteiger partial charge in [0.05, 0.1) is 0 Å². The minimum Gasteiger partial charge on any atom is -0.268 e. The molecule has 0 saturated carbocycles. The largest absolute Gasteiger partial charge is 0.288 e. The Balaban J connectivity index is 2.59. The fraction of sp³-hybridized carbons (Fsp3) is 0.300. The first kappa shape index (κ1) is 11.5. The van der Waals surface area contributed by atoms with E-state index in [4.69, 9.17) is 5.26 Å². The molecule has 0 aromatic carbocycles. The highest BCUT2D eigenvalue weighted by molar-refractivity contribution is 8.04. The predicted molar refractivity (Wildman–Crippen MR) is 58.4 cm³/mol. The van der Waals surface area contributed by atoms with E-state index >= 15 is 0 Å². The van der Waals surface area contributed by atoms with Crippen molar-refractivity contribution in [3.8, 4) is 5.40 Å². The van der Waals surface area contributed by atoms with Crippen LogP contribution in [-0.4, -0.2) is 11.2 Å². The van der Waals surface area contributed by atoms with Crippen molar-refractivity contribution in [2.45, 2.75) is 19.1 Å². The van der Waals surface area contributed by atoms with Crippen LogP contribution in [0, 0.1) is 17.6 Å². The summed E-state index contributed by atoms with van der Waals surface area (Å²) in [6, 6.07) is 3.78. The lowest BCUT2D eigenvalue weighted by Crippen LogP contribution is -2.50. The highest BCUT2D eigenvalue weighted by atomic mass is 32.2. The van der Waals surface area contributed by atoms with Crippen molar-refractivity contribution in [3.05, 3.63) is 30.1 Å². The van der Waals surface area contributed by atoms with E-state index in [1.54, 1.807) is 24.0 Å². The molecule has 0 radical (unpaired) electrons. The number of carbonyl (C=O) groups is 1. The van der Waals surface area contributed by atoms with Gasteiger partial charge in [-0.25, -0.2) is 0 Å². The fourth-order valence-electron chi connectivity index (χ4n) is 0.926. The molecule has 4 nitrogen and oxygen atoms in total. The van der Waals surface area contributed by atoms with E-state index in [0.717, 1.165) is 17.3 Å². The van der Waals surface area contributed by atoms with E-state index in [9.17, 15) is 4.79 Å². The molecule has 1 heterocycles. The van der Waals surface area contributed by atoms with E-state index in [0.29, 0.717) is 0 Å². The van der Waals surface area contributed by atoms with Gasteiger partial charge < -0.3 is 0 Å². The van der Waals surface area contributed by atoms with Gasteiger partial charge in [-0.3, -0.25) is 4.79 Å². The summed E-state index contributed by atoms with van der Waals surface area (Å²) in [6.45, 7) is 3.66. The molecule has 0 aliphatic rings. The van der Waals surface area contributed by atoms with Crippen LogP contribution in [0.2, 0.25) is 0 Å². The molecule has 0 aliphatic heterocycles. The first-order chi connectivity index (χ1) is 7.13. The molecule has 1 rings (SSSR count). The molecule has 1 unspecified atom stereocenters. The number of aryl methyl sites for hydroxylation is 1. The monoisotopic (exact) mass is 222 g/mol. The highest BCUT2D eigenvalue weighted by Gasteiger charge is 2.16. The van der Waals surface area contributed by atoms with Crippen molar-refractivity contribution in [2.75, 3.05) is 5.43 Å². The molecule has 0 fully saturated rings. The number of nitriles is 1. The number of nitrogens with zero attached hydrogens (tertiary/aromatic N) is 2. The van der Waals surface area contributed by atoms with E-state index in [1.165, 1.54) is 0 Å². The van der Waals surface area contributed by atoms with E-state index in [2.05, 4.69) is 5.43 Å². The van der Waals surface area contributed by atoms with Gasteiger partial charge in [-0.1, -0.05) is 4.68 Å². The van der Waals surface area contributed by atoms with Crippen molar-refractivity contribution >= 4 is 17.7 Å². The Bertz CT molecular complexity index is 383. The Morgan fingerprint density at radius 2 is 2.20 bits per heavy atom. The summed E-state index contributed by atoms with van der Waals surface area (Å²) < 4.78 is 1.57. The summed E-state index contributed by atoms with van der Waals surface area (Å²) in [5, 5.41) is 9.93. The molecule has 0 bridgehead atoms. The Labute approximate surface area is 92.9 Å². The zero-order valence-corrected chi connectivity index (χ0v) is 9.41. The number of carbonyl (C=O) groups excluding carboxylic acids is 1. The van der Waals surface area contributed by atoms with E-state index < -0.39 is 0 Å². The van der Waals surface area contributed by atoms with Gasteiger partial charge in [-0.05, 0) is 31.2 Å². The number of rotatable bonds is 3. The molecule has 1 aromatic rings. The number of hydrogen-bond donors (Lipinski definition) is 1. The van der Waals surface area contributed by atoms with Crippen LogP contribution in [0.1, 0.15) is 12.5 Å².